The molecule has 1 N–H and O–H groups in total. The monoisotopic (exact) mass is 332 g/mol. The van der Waals surface area contributed by atoms with Crippen molar-refractivity contribution in [3.63, 3.8) is 0 Å². The first-order valence-electron chi connectivity index (χ1n) is 7.03. The van der Waals surface area contributed by atoms with Crippen molar-refractivity contribution in [1.82, 2.24) is 10.3 Å². The van der Waals surface area contributed by atoms with Crippen LogP contribution in [0.4, 0.5) is 0 Å². The molecule has 0 aliphatic heterocycles. The third-order valence-electron chi connectivity index (χ3n) is 3.41. The van der Waals surface area contributed by atoms with E-state index >= 15 is 0 Å². The van der Waals surface area contributed by atoms with E-state index in [4.69, 9.17) is 0 Å². The lowest BCUT2D eigenvalue weighted by Gasteiger charge is -2.21. The van der Waals surface area contributed by atoms with Gasteiger partial charge < -0.3 is 5.32 Å². The van der Waals surface area contributed by atoms with Crippen LogP contribution in [0.5, 0.6) is 0 Å². The van der Waals surface area contributed by atoms with Gasteiger partial charge in [0.15, 0.2) is 0 Å². The smallest absolute Gasteiger partial charge is 0.0592 e. The number of aromatic nitrogens is 1. The van der Waals surface area contributed by atoms with Gasteiger partial charge in [-0.2, -0.15) is 0 Å². The molecule has 3 heteroatoms. The summed E-state index contributed by atoms with van der Waals surface area (Å²) in [7, 11) is 0. The summed E-state index contributed by atoms with van der Waals surface area (Å²) in [5, 5.41) is 3.62. The van der Waals surface area contributed by atoms with Gasteiger partial charge in [-0.15, -0.1) is 0 Å². The Morgan fingerprint density at radius 2 is 1.90 bits per heavy atom. The van der Waals surface area contributed by atoms with Crippen LogP contribution in [0.3, 0.4) is 0 Å². The summed E-state index contributed by atoms with van der Waals surface area (Å²) in [6, 6.07) is 8.82. The largest absolute Gasteiger partial charge is 0.306 e. The molecule has 0 bridgehead atoms. The van der Waals surface area contributed by atoms with Crippen molar-refractivity contribution in [1.29, 1.82) is 0 Å². The van der Waals surface area contributed by atoms with Crippen LogP contribution in [-0.2, 0) is 0 Å². The summed E-state index contributed by atoms with van der Waals surface area (Å²) in [4.78, 5) is 4.25. The van der Waals surface area contributed by atoms with E-state index in [0.717, 1.165) is 13.0 Å². The molecule has 0 amide bonds. The molecule has 1 heterocycles. The number of pyridine rings is 1. The molecular formula is C17H21BrN2. The van der Waals surface area contributed by atoms with Crippen molar-refractivity contribution in [2.75, 3.05) is 6.54 Å². The molecule has 0 spiro atoms. The molecule has 0 aliphatic carbocycles. The molecule has 0 saturated carbocycles. The Balaban J connectivity index is 2.41. The van der Waals surface area contributed by atoms with E-state index in [1.54, 1.807) is 0 Å². The fraction of sp³-hybridized carbons (Fsp3) is 0.353. The molecule has 2 aromatic rings. The number of benzene rings is 1. The van der Waals surface area contributed by atoms with Gasteiger partial charge in [0.1, 0.15) is 0 Å². The fourth-order valence-electron chi connectivity index (χ4n) is 2.41. The van der Waals surface area contributed by atoms with Crippen LogP contribution in [0, 0.1) is 13.8 Å². The minimum absolute atomic E-state index is 0.203. The standard InChI is InChI=1S/C17H21BrN2/c1-4-7-20-17(14-6-5-8-19-11-14)15-9-12(2)16(18)13(3)10-15/h5-6,8-11,17,20H,4,7H2,1-3H3. The van der Waals surface area contributed by atoms with E-state index in [-0.39, 0.29) is 6.04 Å². The van der Waals surface area contributed by atoms with Crippen LogP contribution < -0.4 is 5.32 Å². The molecule has 1 aromatic carbocycles. The molecule has 20 heavy (non-hydrogen) atoms. The van der Waals surface area contributed by atoms with Crippen LogP contribution in [0.15, 0.2) is 41.1 Å². The highest BCUT2D eigenvalue weighted by Gasteiger charge is 2.15. The number of hydrogen-bond acceptors (Lipinski definition) is 2. The second kappa shape index (κ2) is 7.00. The molecule has 1 unspecified atom stereocenters. The maximum absolute atomic E-state index is 4.25. The molecule has 1 atom stereocenters. The lowest BCUT2D eigenvalue weighted by atomic mass is 9.96. The average molecular weight is 333 g/mol. The van der Waals surface area contributed by atoms with Crippen LogP contribution >= 0.6 is 15.9 Å². The lowest BCUT2D eigenvalue weighted by molar-refractivity contribution is 0.596. The molecule has 2 nitrogen and oxygen atoms in total. The number of nitrogens with one attached hydrogen (secondary N) is 1. The normalized spacial score (nSPS) is 12.4. The Morgan fingerprint density at radius 1 is 1.20 bits per heavy atom. The van der Waals surface area contributed by atoms with E-state index in [2.05, 4.69) is 65.2 Å². The van der Waals surface area contributed by atoms with E-state index in [9.17, 15) is 0 Å². The van der Waals surface area contributed by atoms with Crippen LogP contribution in [0.1, 0.15) is 41.6 Å². The van der Waals surface area contributed by atoms with Gasteiger partial charge in [0.05, 0.1) is 6.04 Å². The summed E-state index contributed by atoms with van der Waals surface area (Å²) < 4.78 is 1.20. The second-order valence-electron chi connectivity index (χ2n) is 5.14. The molecule has 0 fully saturated rings. The quantitative estimate of drug-likeness (QED) is 0.868. The SMILES string of the molecule is CCCNC(c1cccnc1)c1cc(C)c(Br)c(C)c1. The van der Waals surface area contributed by atoms with Crippen molar-refractivity contribution in [3.05, 3.63) is 63.4 Å². The molecule has 0 saturated heterocycles. The van der Waals surface area contributed by atoms with Crippen molar-refractivity contribution in [2.24, 2.45) is 0 Å². The minimum Gasteiger partial charge on any atom is -0.306 e. The van der Waals surface area contributed by atoms with Crippen LogP contribution in [0.2, 0.25) is 0 Å². The van der Waals surface area contributed by atoms with Crippen molar-refractivity contribution in [3.8, 4) is 0 Å². The Hall–Kier alpha value is -1.19. The molecule has 0 aliphatic rings. The molecular weight excluding hydrogens is 312 g/mol. The number of rotatable bonds is 5. The van der Waals surface area contributed by atoms with Gasteiger partial charge in [-0.3, -0.25) is 4.98 Å². The summed E-state index contributed by atoms with van der Waals surface area (Å²) in [6.45, 7) is 7.46. The zero-order valence-electron chi connectivity index (χ0n) is 12.3. The Kier molecular flexibility index (Phi) is 5.32. The highest BCUT2D eigenvalue weighted by atomic mass is 79.9. The Morgan fingerprint density at radius 3 is 2.45 bits per heavy atom. The minimum atomic E-state index is 0.203. The van der Waals surface area contributed by atoms with E-state index in [1.807, 2.05) is 18.5 Å². The first kappa shape index (κ1) is 15.2. The summed E-state index contributed by atoms with van der Waals surface area (Å²) in [5.74, 6) is 0. The van der Waals surface area contributed by atoms with Crippen molar-refractivity contribution in [2.45, 2.75) is 33.2 Å². The lowest BCUT2D eigenvalue weighted by Crippen LogP contribution is -2.23. The number of nitrogens with zero attached hydrogens (tertiary/aromatic N) is 1. The van der Waals surface area contributed by atoms with Gasteiger partial charge >= 0.3 is 0 Å². The predicted octanol–water partition coefficient (Wildman–Crippen LogP) is 4.55. The van der Waals surface area contributed by atoms with E-state index in [1.165, 1.54) is 26.7 Å². The van der Waals surface area contributed by atoms with Gasteiger partial charge in [0.2, 0.25) is 0 Å². The van der Waals surface area contributed by atoms with Gasteiger partial charge in [-0.1, -0.05) is 41.1 Å². The van der Waals surface area contributed by atoms with Crippen LogP contribution in [0.25, 0.3) is 0 Å². The maximum Gasteiger partial charge on any atom is 0.0592 e. The highest BCUT2D eigenvalue weighted by molar-refractivity contribution is 9.10. The van der Waals surface area contributed by atoms with Crippen LogP contribution in [-0.4, -0.2) is 11.5 Å². The summed E-state index contributed by atoms with van der Waals surface area (Å²) in [6.07, 6.45) is 4.88. The zero-order chi connectivity index (χ0) is 14.5. The maximum atomic E-state index is 4.25. The average Bonchev–Trinajstić information content (AvgIpc) is 2.46. The zero-order valence-corrected chi connectivity index (χ0v) is 13.9. The van der Waals surface area contributed by atoms with Gasteiger partial charge in [0, 0.05) is 16.9 Å². The summed E-state index contributed by atoms with van der Waals surface area (Å²) >= 11 is 3.64. The molecule has 0 radical (unpaired) electrons. The number of hydrogen-bond donors (Lipinski definition) is 1. The van der Waals surface area contributed by atoms with E-state index < -0.39 is 0 Å². The first-order chi connectivity index (χ1) is 9.63. The Labute approximate surface area is 129 Å². The van der Waals surface area contributed by atoms with Crippen molar-refractivity contribution < 1.29 is 0 Å². The van der Waals surface area contributed by atoms with Crippen molar-refractivity contribution >= 4 is 15.9 Å². The van der Waals surface area contributed by atoms with Gasteiger partial charge in [-0.25, -0.2) is 0 Å². The molecule has 106 valence electrons. The number of aryl methyl sites for hydroxylation is 2. The highest BCUT2D eigenvalue weighted by Crippen LogP contribution is 2.28. The molecule has 1 aromatic heterocycles. The van der Waals surface area contributed by atoms with E-state index in [0.29, 0.717) is 0 Å². The topological polar surface area (TPSA) is 24.9 Å². The first-order valence-corrected chi connectivity index (χ1v) is 7.82. The van der Waals surface area contributed by atoms with Gasteiger partial charge in [-0.05, 0) is 55.1 Å². The van der Waals surface area contributed by atoms with Gasteiger partial charge in [0.25, 0.3) is 0 Å². The number of halogens is 1. The molecule has 2 rings (SSSR count). The Bertz CT molecular complexity index is 543. The third kappa shape index (κ3) is 3.47. The fourth-order valence-corrected chi connectivity index (χ4v) is 2.64. The third-order valence-corrected chi connectivity index (χ3v) is 4.66. The predicted molar refractivity (Wildman–Crippen MR) is 88.0 cm³/mol. The summed E-state index contributed by atoms with van der Waals surface area (Å²) in [5.41, 5.74) is 5.05. The second-order valence-corrected chi connectivity index (χ2v) is 5.94.